The van der Waals surface area contributed by atoms with Gasteiger partial charge in [0.2, 0.25) is 0 Å². The summed E-state index contributed by atoms with van der Waals surface area (Å²) in [4.78, 5) is 14.2. The lowest BCUT2D eigenvalue weighted by Gasteiger charge is -2.23. The topological polar surface area (TPSA) is 73.1 Å². The third kappa shape index (κ3) is 4.70. The maximum Gasteiger partial charge on any atom is 0.277 e. The molecule has 0 bridgehead atoms. The van der Waals surface area contributed by atoms with Crippen LogP contribution in [0.2, 0.25) is 0 Å². The molecular weight excluding hydrogens is 600 g/mol. The largest absolute Gasteiger partial charge is 0.493 e. The van der Waals surface area contributed by atoms with Crippen molar-refractivity contribution < 1.29 is 23.7 Å². The third-order valence-electron chi connectivity index (χ3n) is 7.60. The van der Waals surface area contributed by atoms with Crippen LogP contribution in [0.5, 0.6) is 23.0 Å². The van der Waals surface area contributed by atoms with Gasteiger partial charge in [0.1, 0.15) is 18.9 Å². The van der Waals surface area contributed by atoms with E-state index in [9.17, 15) is 4.79 Å². The number of fused-ring (bicyclic) bond motifs is 7. The fourth-order valence-corrected chi connectivity index (χ4v) is 6.61. The fraction of sp³-hybridized carbons (Fsp3) is 0.303. The van der Waals surface area contributed by atoms with Gasteiger partial charge in [0.05, 0.1) is 36.0 Å². The summed E-state index contributed by atoms with van der Waals surface area (Å²) in [6.45, 7) is 5.09. The average molecular weight is 634 g/mol. The number of rotatable bonds is 9. The summed E-state index contributed by atoms with van der Waals surface area (Å²) < 4.78 is 33.9. The highest BCUT2D eigenvalue weighted by Gasteiger charge is 2.29. The lowest BCUT2D eigenvalue weighted by molar-refractivity contribution is 0.132. The van der Waals surface area contributed by atoms with E-state index in [-0.39, 0.29) is 18.4 Å². The Hall–Kier alpha value is -3.95. The maximum atomic E-state index is 14.2. The number of aryl methyl sites for hydroxylation is 2. The molecule has 2 aromatic heterocycles. The number of benzene rings is 3. The van der Waals surface area contributed by atoms with E-state index in [1.54, 1.807) is 25.9 Å². The summed E-state index contributed by atoms with van der Waals surface area (Å²) in [6, 6.07) is 17.8. The first-order valence-corrected chi connectivity index (χ1v) is 14.6. The van der Waals surface area contributed by atoms with Gasteiger partial charge in [0, 0.05) is 36.1 Å². The van der Waals surface area contributed by atoms with Gasteiger partial charge in [0.15, 0.2) is 23.0 Å². The van der Waals surface area contributed by atoms with Crippen LogP contribution in [0.25, 0.3) is 33.1 Å². The maximum absolute atomic E-state index is 14.2. The molecule has 8 nitrogen and oxygen atoms in total. The smallest absolute Gasteiger partial charge is 0.277 e. The van der Waals surface area contributed by atoms with Crippen molar-refractivity contribution in [2.45, 2.75) is 46.3 Å². The first kappa shape index (κ1) is 28.2. The molecule has 218 valence electrons. The second kappa shape index (κ2) is 11.4. The van der Waals surface area contributed by atoms with E-state index >= 15 is 0 Å². The number of ether oxygens (including phenoxy) is 5. The minimum atomic E-state index is -0.138. The van der Waals surface area contributed by atoms with Crippen LogP contribution in [0, 0.1) is 0 Å². The van der Waals surface area contributed by atoms with Crippen LogP contribution < -0.4 is 24.5 Å². The summed E-state index contributed by atoms with van der Waals surface area (Å²) in [6.07, 6.45) is 0.759. The van der Waals surface area contributed by atoms with E-state index in [0.717, 1.165) is 44.1 Å². The van der Waals surface area contributed by atoms with Crippen molar-refractivity contribution in [2.24, 2.45) is 0 Å². The summed E-state index contributed by atoms with van der Waals surface area (Å²) >= 11 is 3.91. The van der Waals surface area contributed by atoms with Crippen molar-refractivity contribution in [1.29, 1.82) is 0 Å². The molecule has 1 aliphatic heterocycles. The summed E-state index contributed by atoms with van der Waals surface area (Å²) in [5.41, 5.74) is 5.26. The molecule has 5 aromatic rings. The van der Waals surface area contributed by atoms with Crippen molar-refractivity contribution in [3.63, 3.8) is 0 Å². The molecule has 0 unspecified atom stereocenters. The number of methoxy groups -OCH3 is 3. The second-order valence-corrected chi connectivity index (χ2v) is 11.4. The molecule has 6 rings (SSSR count). The molecule has 0 atom stereocenters. The second-order valence-electron chi connectivity index (χ2n) is 10.6. The molecule has 0 radical (unpaired) electrons. The molecule has 9 heteroatoms. The van der Waals surface area contributed by atoms with Gasteiger partial charge in [-0.3, -0.25) is 9.36 Å². The highest BCUT2D eigenvalue weighted by molar-refractivity contribution is 9.10. The molecular formula is C33H33BrN2O6. The minimum Gasteiger partial charge on any atom is -0.493 e. The van der Waals surface area contributed by atoms with Crippen LogP contribution in [0.15, 0.2) is 63.9 Å². The Morgan fingerprint density at radius 1 is 0.929 bits per heavy atom. The van der Waals surface area contributed by atoms with Crippen LogP contribution in [0.4, 0.5) is 0 Å². The SMILES string of the molecule is COCn1c(=O)c2c(c(Br)c3n2CCc2cc(OC(C)C)c(OC)cc2-3)c2cc(OC)c(OCc3ccccc3)cc21. The van der Waals surface area contributed by atoms with Crippen molar-refractivity contribution in [2.75, 3.05) is 21.3 Å². The van der Waals surface area contributed by atoms with E-state index < -0.39 is 0 Å². The zero-order chi connectivity index (χ0) is 29.5. The fourth-order valence-electron chi connectivity index (χ4n) is 5.79. The normalized spacial score (nSPS) is 12.5. The van der Waals surface area contributed by atoms with Gasteiger partial charge in [-0.2, -0.15) is 0 Å². The van der Waals surface area contributed by atoms with E-state index in [1.165, 1.54) is 0 Å². The predicted octanol–water partition coefficient (Wildman–Crippen LogP) is 6.93. The molecule has 1 aliphatic rings. The zero-order valence-corrected chi connectivity index (χ0v) is 25.9. The molecule has 0 saturated heterocycles. The van der Waals surface area contributed by atoms with Crippen molar-refractivity contribution in [3.05, 3.63) is 80.6 Å². The van der Waals surface area contributed by atoms with Crippen LogP contribution in [-0.4, -0.2) is 36.6 Å². The van der Waals surface area contributed by atoms with Crippen LogP contribution in [0.3, 0.4) is 0 Å². The number of pyridine rings is 1. The Bertz CT molecular complexity index is 1860. The highest BCUT2D eigenvalue weighted by Crippen LogP contribution is 2.47. The van der Waals surface area contributed by atoms with Crippen molar-refractivity contribution >= 4 is 37.7 Å². The summed E-state index contributed by atoms with van der Waals surface area (Å²) in [7, 11) is 4.85. The van der Waals surface area contributed by atoms with Gasteiger partial charge in [0.25, 0.3) is 5.56 Å². The molecule has 0 saturated carbocycles. The lowest BCUT2D eigenvalue weighted by atomic mass is 9.97. The zero-order valence-electron chi connectivity index (χ0n) is 24.3. The Kier molecular flexibility index (Phi) is 7.64. The van der Waals surface area contributed by atoms with E-state index in [0.29, 0.717) is 47.2 Å². The molecule has 42 heavy (non-hydrogen) atoms. The van der Waals surface area contributed by atoms with Gasteiger partial charge in [-0.1, -0.05) is 30.3 Å². The average Bonchev–Trinajstić information content (AvgIpc) is 3.30. The Morgan fingerprint density at radius 3 is 2.36 bits per heavy atom. The van der Waals surface area contributed by atoms with Gasteiger partial charge in [-0.25, -0.2) is 0 Å². The summed E-state index contributed by atoms with van der Waals surface area (Å²) in [5, 5.41) is 1.67. The molecule has 0 N–H and O–H groups in total. The molecule has 0 aliphatic carbocycles. The van der Waals surface area contributed by atoms with Crippen LogP contribution in [0.1, 0.15) is 25.0 Å². The first-order valence-electron chi connectivity index (χ1n) is 13.9. The minimum absolute atomic E-state index is 0.0147. The summed E-state index contributed by atoms with van der Waals surface area (Å²) in [5.74, 6) is 2.49. The number of aromatic nitrogens is 2. The Morgan fingerprint density at radius 2 is 1.67 bits per heavy atom. The number of hydrogen-bond acceptors (Lipinski definition) is 6. The lowest BCUT2D eigenvalue weighted by Crippen LogP contribution is -2.24. The molecule has 3 aromatic carbocycles. The first-order chi connectivity index (χ1) is 20.4. The molecule has 0 fully saturated rings. The van der Waals surface area contributed by atoms with Gasteiger partial charge in [-0.05, 0) is 65.5 Å². The molecule has 0 amide bonds. The number of hydrogen-bond donors (Lipinski definition) is 0. The van der Waals surface area contributed by atoms with Gasteiger partial charge in [-0.15, -0.1) is 0 Å². The quantitative estimate of drug-likeness (QED) is 0.175. The Labute approximate surface area is 252 Å². The molecule has 3 heterocycles. The third-order valence-corrected chi connectivity index (χ3v) is 8.37. The van der Waals surface area contributed by atoms with Crippen LogP contribution in [-0.2, 0) is 31.0 Å². The predicted molar refractivity (Wildman–Crippen MR) is 167 cm³/mol. The number of halogens is 1. The molecule has 0 spiro atoms. The van der Waals surface area contributed by atoms with Crippen molar-refractivity contribution in [1.82, 2.24) is 9.13 Å². The van der Waals surface area contributed by atoms with Gasteiger partial charge >= 0.3 is 0 Å². The highest BCUT2D eigenvalue weighted by atomic mass is 79.9. The monoisotopic (exact) mass is 632 g/mol. The van der Waals surface area contributed by atoms with E-state index in [2.05, 4.69) is 26.6 Å². The van der Waals surface area contributed by atoms with Crippen LogP contribution >= 0.6 is 15.9 Å². The van der Waals surface area contributed by atoms with Crippen molar-refractivity contribution in [3.8, 4) is 34.3 Å². The van der Waals surface area contributed by atoms with E-state index in [1.807, 2.05) is 62.4 Å². The van der Waals surface area contributed by atoms with Gasteiger partial charge < -0.3 is 28.3 Å². The Balaban J connectivity index is 1.59. The standard InChI is InChI=1S/C33H33BrN2O6/c1-19(2)42-28-13-21-11-12-35-31(22(21)14-26(28)40-5)30(34)29-23-15-25(39-4)27(41-17-20-9-7-6-8-10-20)16-24(23)36(18-38-3)33(37)32(29)35/h6-10,13-16,19H,11-12,17-18H2,1-5H3. The number of nitrogens with zero attached hydrogens (tertiary/aromatic N) is 2. The van der Waals surface area contributed by atoms with E-state index in [4.69, 9.17) is 23.7 Å².